The molecule has 2 heterocycles. The highest BCUT2D eigenvalue weighted by Crippen LogP contribution is 2.33. The Morgan fingerprint density at radius 3 is 2.31 bits per heavy atom. The van der Waals surface area contributed by atoms with E-state index >= 15 is 0 Å². The molecule has 0 unspecified atom stereocenters. The van der Waals surface area contributed by atoms with Gasteiger partial charge in [0.2, 0.25) is 0 Å². The third-order valence-corrected chi connectivity index (χ3v) is 4.65. The summed E-state index contributed by atoms with van der Waals surface area (Å²) in [5, 5.41) is 6.13. The summed E-state index contributed by atoms with van der Waals surface area (Å²) in [5.74, 6) is -0.162. The number of alkyl halides is 3. The van der Waals surface area contributed by atoms with E-state index in [0.717, 1.165) is 35.6 Å². The molecule has 2 aromatic heterocycles. The highest BCUT2D eigenvalue weighted by atomic mass is 19.4. The predicted molar refractivity (Wildman–Crippen MR) is 120 cm³/mol. The van der Waals surface area contributed by atoms with Gasteiger partial charge in [-0.2, -0.15) is 18.3 Å². The number of amides is 1. The molecule has 172 valence electrons. The molecule has 3 N–H and O–H groups in total. The van der Waals surface area contributed by atoms with Gasteiger partial charge in [-0.25, -0.2) is 4.98 Å². The average molecular weight is 448 g/mol. The molecule has 0 aliphatic heterocycles. The number of nitrogens with two attached hydrogens (primary N) is 1. The van der Waals surface area contributed by atoms with Crippen molar-refractivity contribution in [1.29, 1.82) is 0 Å². The summed E-state index contributed by atoms with van der Waals surface area (Å²) in [4.78, 5) is 16.6. The zero-order valence-electron chi connectivity index (χ0n) is 18.6. The highest BCUT2D eigenvalue weighted by molar-refractivity contribution is 6.04. The maximum absolute atomic E-state index is 12.9. The van der Waals surface area contributed by atoms with Crippen molar-refractivity contribution in [2.24, 2.45) is 7.05 Å². The number of halogens is 3. The molecule has 6 nitrogen and oxygen atoms in total. The van der Waals surface area contributed by atoms with Crippen LogP contribution < -0.4 is 11.1 Å². The fourth-order valence-electron chi connectivity index (χ4n) is 3.01. The lowest BCUT2D eigenvalue weighted by molar-refractivity contribution is -0.141. The second kappa shape index (κ2) is 10.8. The molecule has 0 fully saturated rings. The lowest BCUT2D eigenvalue weighted by Crippen LogP contribution is -2.13. The van der Waals surface area contributed by atoms with Gasteiger partial charge in [-0.15, -0.1) is 0 Å². The molecule has 1 aromatic carbocycles. The molecule has 0 saturated carbocycles. The Morgan fingerprint density at radius 1 is 1.12 bits per heavy atom. The normalized spacial score (nSPS) is 11.0. The third-order valence-electron chi connectivity index (χ3n) is 4.65. The van der Waals surface area contributed by atoms with Crippen LogP contribution in [-0.2, 0) is 19.6 Å². The first-order valence-corrected chi connectivity index (χ1v) is 10.5. The van der Waals surface area contributed by atoms with Gasteiger partial charge >= 0.3 is 6.18 Å². The van der Waals surface area contributed by atoms with Crippen LogP contribution in [0.15, 0.2) is 42.5 Å². The SMILES string of the molecule is CC.CCCCc1ccc(C(=O)Nc2ccc(-c3cc(C(F)(F)F)nn3C)c(N)n2)cc1. The van der Waals surface area contributed by atoms with Gasteiger partial charge in [0.15, 0.2) is 5.69 Å². The molecular weight excluding hydrogens is 419 g/mol. The zero-order valence-corrected chi connectivity index (χ0v) is 18.6. The number of carbonyl (C=O) groups excluding carboxylic acids is 1. The van der Waals surface area contributed by atoms with Gasteiger partial charge in [0.25, 0.3) is 5.91 Å². The van der Waals surface area contributed by atoms with Crippen molar-refractivity contribution in [3.63, 3.8) is 0 Å². The monoisotopic (exact) mass is 447 g/mol. The van der Waals surface area contributed by atoms with E-state index in [9.17, 15) is 18.0 Å². The van der Waals surface area contributed by atoms with Gasteiger partial charge in [0, 0.05) is 18.2 Å². The summed E-state index contributed by atoms with van der Waals surface area (Å²) >= 11 is 0. The zero-order chi connectivity index (χ0) is 23.9. The van der Waals surface area contributed by atoms with Gasteiger partial charge in [-0.05, 0) is 48.7 Å². The molecule has 0 atom stereocenters. The molecule has 3 aromatic rings. The van der Waals surface area contributed by atoms with E-state index in [1.165, 1.54) is 19.2 Å². The van der Waals surface area contributed by atoms with E-state index in [1.54, 1.807) is 12.1 Å². The number of nitrogens with zero attached hydrogens (tertiary/aromatic N) is 3. The van der Waals surface area contributed by atoms with Gasteiger partial charge in [0.05, 0.1) is 5.69 Å². The van der Waals surface area contributed by atoms with Crippen LogP contribution in [0.3, 0.4) is 0 Å². The highest BCUT2D eigenvalue weighted by Gasteiger charge is 2.35. The van der Waals surface area contributed by atoms with Crippen molar-refractivity contribution in [1.82, 2.24) is 14.8 Å². The number of benzene rings is 1. The second-order valence-electron chi connectivity index (χ2n) is 6.92. The molecule has 1 amide bonds. The van der Waals surface area contributed by atoms with Crippen molar-refractivity contribution < 1.29 is 18.0 Å². The minimum Gasteiger partial charge on any atom is -0.383 e. The first kappa shape index (κ1) is 24.9. The maximum atomic E-state index is 12.9. The maximum Gasteiger partial charge on any atom is 0.435 e. The number of anilines is 2. The number of nitrogens with one attached hydrogen (secondary N) is 1. The van der Waals surface area contributed by atoms with Crippen LogP contribution in [0.4, 0.5) is 24.8 Å². The number of unbranched alkanes of at least 4 members (excludes halogenated alkanes) is 1. The number of aromatic nitrogens is 3. The van der Waals surface area contributed by atoms with Crippen LogP contribution in [0.1, 0.15) is 55.2 Å². The molecule has 32 heavy (non-hydrogen) atoms. The Balaban J connectivity index is 0.00000176. The first-order chi connectivity index (χ1) is 15.2. The van der Waals surface area contributed by atoms with E-state index in [1.807, 2.05) is 26.0 Å². The summed E-state index contributed by atoms with van der Waals surface area (Å²) in [5.41, 5.74) is 7.02. The lowest BCUT2D eigenvalue weighted by Gasteiger charge is -2.09. The fraction of sp³-hybridized carbons (Fsp3) is 0.348. The summed E-state index contributed by atoms with van der Waals surface area (Å²) in [6, 6.07) is 11.2. The van der Waals surface area contributed by atoms with Gasteiger partial charge in [-0.3, -0.25) is 9.48 Å². The van der Waals surface area contributed by atoms with E-state index in [4.69, 9.17) is 5.73 Å². The third kappa shape index (κ3) is 6.09. The smallest absolute Gasteiger partial charge is 0.383 e. The van der Waals surface area contributed by atoms with Crippen molar-refractivity contribution in [2.75, 3.05) is 11.1 Å². The van der Waals surface area contributed by atoms with Crippen LogP contribution in [0.2, 0.25) is 0 Å². The molecule has 0 saturated heterocycles. The van der Waals surface area contributed by atoms with Crippen LogP contribution in [0, 0.1) is 0 Å². The summed E-state index contributed by atoms with van der Waals surface area (Å²) < 4.78 is 39.7. The Labute approximate surface area is 185 Å². The Morgan fingerprint density at radius 2 is 1.78 bits per heavy atom. The molecule has 9 heteroatoms. The first-order valence-electron chi connectivity index (χ1n) is 10.5. The molecule has 0 aliphatic carbocycles. The standard InChI is InChI=1S/C21H22F3N5O.C2H6/c1-3-4-5-13-6-8-14(9-7-13)20(30)27-18-11-10-15(19(25)26-18)16-12-17(21(22,23)24)28-29(16)2;1-2/h6-12H,3-5H2,1-2H3,(H3,25,26,27,30);1-2H3. The van der Waals surface area contributed by atoms with E-state index in [-0.39, 0.29) is 23.2 Å². The van der Waals surface area contributed by atoms with E-state index in [0.29, 0.717) is 11.1 Å². The fourth-order valence-corrected chi connectivity index (χ4v) is 3.01. The number of aryl methyl sites for hydroxylation is 2. The second-order valence-corrected chi connectivity index (χ2v) is 6.92. The van der Waals surface area contributed by atoms with Crippen molar-refractivity contribution in [3.8, 4) is 11.3 Å². The van der Waals surface area contributed by atoms with Crippen molar-refractivity contribution in [2.45, 2.75) is 46.2 Å². The number of hydrogen-bond acceptors (Lipinski definition) is 4. The minimum absolute atomic E-state index is 0.0144. The number of rotatable bonds is 6. The number of hydrogen-bond donors (Lipinski definition) is 2. The Bertz CT molecular complexity index is 1040. The van der Waals surface area contributed by atoms with Crippen LogP contribution in [0.5, 0.6) is 0 Å². The quantitative estimate of drug-likeness (QED) is 0.507. The summed E-state index contributed by atoms with van der Waals surface area (Å²) in [6.45, 7) is 6.12. The Kier molecular flexibility index (Phi) is 8.40. The molecule has 0 spiro atoms. The lowest BCUT2D eigenvalue weighted by atomic mass is 10.1. The van der Waals surface area contributed by atoms with Gasteiger partial charge in [-0.1, -0.05) is 39.3 Å². The summed E-state index contributed by atoms with van der Waals surface area (Å²) in [6.07, 6.45) is -1.41. The predicted octanol–water partition coefficient (Wildman–Crippen LogP) is 5.70. The van der Waals surface area contributed by atoms with Crippen LogP contribution in [-0.4, -0.2) is 20.7 Å². The van der Waals surface area contributed by atoms with Crippen molar-refractivity contribution in [3.05, 3.63) is 59.3 Å². The molecule has 0 radical (unpaired) electrons. The van der Waals surface area contributed by atoms with Crippen molar-refractivity contribution >= 4 is 17.5 Å². The van der Waals surface area contributed by atoms with Crippen LogP contribution in [0.25, 0.3) is 11.3 Å². The van der Waals surface area contributed by atoms with Crippen LogP contribution >= 0.6 is 0 Å². The molecule has 3 rings (SSSR count). The van der Waals surface area contributed by atoms with Gasteiger partial charge < -0.3 is 11.1 Å². The van der Waals surface area contributed by atoms with Gasteiger partial charge in [0.1, 0.15) is 11.6 Å². The molecular formula is C23H28F3N5O. The number of carbonyl (C=O) groups is 1. The topological polar surface area (TPSA) is 85.8 Å². The minimum atomic E-state index is -4.56. The molecule has 0 aliphatic rings. The number of nitrogen functional groups attached to an aromatic ring is 1. The largest absolute Gasteiger partial charge is 0.435 e. The Hall–Kier alpha value is -3.36. The van der Waals surface area contributed by atoms with E-state index in [2.05, 4.69) is 22.3 Å². The molecule has 0 bridgehead atoms. The summed E-state index contributed by atoms with van der Waals surface area (Å²) in [7, 11) is 1.39. The average Bonchev–Trinajstić information content (AvgIpc) is 3.16. The number of pyridine rings is 1. The van der Waals surface area contributed by atoms with E-state index < -0.39 is 11.9 Å².